The van der Waals surface area contributed by atoms with Gasteiger partial charge in [0, 0.05) is 24.2 Å². The number of nitrogens with zero attached hydrogens (tertiary/aromatic N) is 1. The fraction of sp³-hybridized carbons (Fsp3) is 0.640. The number of rotatable bonds is 6. The Morgan fingerprint density at radius 3 is 2.42 bits per heavy atom. The second-order valence-corrected chi connectivity index (χ2v) is 10.1. The lowest BCUT2D eigenvalue weighted by atomic mass is 9.49. The molecule has 2 amide bonds. The molecule has 5 aliphatic rings. The Balaban J connectivity index is 1.07. The average Bonchev–Trinajstić information content (AvgIpc) is 2.76. The third kappa shape index (κ3) is 4.09. The number of nitrogens with one attached hydrogen (secondary N) is 1. The molecule has 31 heavy (non-hydrogen) atoms. The zero-order valence-electron chi connectivity index (χ0n) is 18.1. The molecule has 1 heterocycles. The van der Waals surface area contributed by atoms with Crippen LogP contribution in [0.1, 0.15) is 56.9 Å². The quantitative estimate of drug-likeness (QED) is 0.712. The number of carbonyl (C=O) groups is 3. The predicted molar refractivity (Wildman–Crippen MR) is 116 cm³/mol. The maximum Gasteiger partial charge on any atom is 0.308 e. The molecule has 4 fully saturated rings. The molecule has 6 rings (SSSR count). The van der Waals surface area contributed by atoms with Crippen LogP contribution < -0.4 is 10.2 Å². The van der Waals surface area contributed by atoms with Crippen LogP contribution in [0.25, 0.3) is 0 Å². The van der Waals surface area contributed by atoms with Gasteiger partial charge >= 0.3 is 5.97 Å². The van der Waals surface area contributed by atoms with Crippen molar-refractivity contribution >= 4 is 23.5 Å². The first-order chi connectivity index (χ1) is 15.0. The highest BCUT2D eigenvalue weighted by Gasteiger charge is 2.54. The smallest absolute Gasteiger partial charge is 0.308 e. The Labute approximate surface area is 183 Å². The summed E-state index contributed by atoms with van der Waals surface area (Å²) in [5, 5.41) is 3.00. The summed E-state index contributed by atoms with van der Waals surface area (Å²) in [6.45, 7) is 0.671. The van der Waals surface area contributed by atoms with Crippen molar-refractivity contribution in [3.8, 4) is 0 Å². The van der Waals surface area contributed by atoms with Crippen LogP contribution >= 0.6 is 0 Å². The van der Waals surface area contributed by atoms with Crippen molar-refractivity contribution in [2.24, 2.45) is 23.2 Å². The van der Waals surface area contributed by atoms with E-state index in [0.29, 0.717) is 24.3 Å². The monoisotopic (exact) mass is 424 g/mol. The highest BCUT2D eigenvalue weighted by molar-refractivity contribution is 5.96. The van der Waals surface area contributed by atoms with Crippen molar-refractivity contribution < 1.29 is 19.1 Å². The molecule has 1 aromatic carbocycles. The molecule has 0 saturated heterocycles. The number of hydrogen-bond acceptors (Lipinski definition) is 4. The number of hydrogen-bond donors (Lipinski definition) is 1. The van der Waals surface area contributed by atoms with E-state index < -0.39 is 5.97 Å². The topological polar surface area (TPSA) is 75.7 Å². The number of aryl methyl sites for hydroxylation is 1. The molecule has 1 N–H and O–H groups in total. The van der Waals surface area contributed by atoms with Gasteiger partial charge in [-0.25, -0.2) is 0 Å². The van der Waals surface area contributed by atoms with Gasteiger partial charge in [0.05, 0.1) is 6.42 Å². The predicted octanol–water partition coefficient (Wildman–Crippen LogP) is 3.23. The summed E-state index contributed by atoms with van der Waals surface area (Å²) in [6, 6.07) is 7.87. The van der Waals surface area contributed by atoms with E-state index in [9.17, 15) is 14.4 Å². The van der Waals surface area contributed by atoms with Crippen LogP contribution in [0.15, 0.2) is 24.3 Å². The molecule has 0 unspecified atom stereocenters. The van der Waals surface area contributed by atoms with E-state index in [1.807, 2.05) is 24.3 Å². The maximum absolute atomic E-state index is 12.9. The van der Waals surface area contributed by atoms with Gasteiger partial charge < -0.3 is 15.0 Å². The number of carbonyl (C=O) groups excluding carboxylic acids is 3. The number of esters is 1. The second kappa shape index (κ2) is 8.29. The highest BCUT2D eigenvalue weighted by Crippen LogP contribution is 2.60. The summed E-state index contributed by atoms with van der Waals surface area (Å²) < 4.78 is 5.22. The van der Waals surface area contributed by atoms with Crippen molar-refractivity contribution in [2.75, 3.05) is 24.6 Å². The van der Waals surface area contributed by atoms with E-state index in [4.69, 9.17) is 4.74 Å². The van der Waals surface area contributed by atoms with E-state index in [1.165, 1.54) is 19.3 Å². The molecule has 4 aliphatic carbocycles. The van der Waals surface area contributed by atoms with E-state index in [-0.39, 0.29) is 36.8 Å². The lowest BCUT2D eigenvalue weighted by Crippen LogP contribution is -2.53. The molecule has 166 valence electrons. The molecule has 0 aromatic heterocycles. The Hall–Kier alpha value is -2.37. The first kappa shape index (κ1) is 20.5. The Morgan fingerprint density at radius 2 is 1.71 bits per heavy atom. The summed E-state index contributed by atoms with van der Waals surface area (Å²) in [5.74, 6) is 1.64. The first-order valence-electron chi connectivity index (χ1n) is 11.8. The molecule has 6 heteroatoms. The van der Waals surface area contributed by atoms with Crippen LogP contribution in [0, 0.1) is 23.2 Å². The summed E-state index contributed by atoms with van der Waals surface area (Å²) in [7, 11) is 0. The van der Waals surface area contributed by atoms with Crippen molar-refractivity contribution in [3.63, 3.8) is 0 Å². The minimum atomic E-state index is -0.440. The SMILES string of the molecule is O=C(CCNC(=O)C12CC3CC(CC(C3)C1)C2)OCC(=O)N1CCCc2ccccc21. The zero-order valence-corrected chi connectivity index (χ0v) is 18.1. The minimum Gasteiger partial charge on any atom is -0.455 e. The molecule has 4 bridgehead atoms. The van der Waals surface area contributed by atoms with Gasteiger partial charge in [-0.2, -0.15) is 0 Å². The van der Waals surface area contributed by atoms with E-state index in [1.54, 1.807) is 4.90 Å². The number of benzene rings is 1. The highest BCUT2D eigenvalue weighted by atomic mass is 16.5. The third-order valence-corrected chi connectivity index (χ3v) is 7.90. The molecule has 0 radical (unpaired) electrons. The molecule has 6 nitrogen and oxygen atoms in total. The van der Waals surface area contributed by atoms with Gasteiger partial charge in [-0.1, -0.05) is 18.2 Å². The Bertz CT molecular complexity index is 845. The lowest BCUT2D eigenvalue weighted by Gasteiger charge is -2.55. The van der Waals surface area contributed by atoms with Gasteiger partial charge in [-0.15, -0.1) is 0 Å². The maximum atomic E-state index is 12.9. The average molecular weight is 425 g/mol. The molecule has 1 aliphatic heterocycles. The third-order valence-electron chi connectivity index (χ3n) is 7.90. The van der Waals surface area contributed by atoms with Crippen LogP contribution in [-0.2, 0) is 25.5 Å². The van der Waals surface area contributed by atoms with E-state index in [0.717, 1.165) is 43.4 Å². The van der Waals surface area contributed by atoms with Crippen LogP contribution in [0.4, 0.5) is 5.69 Å². The van der Waals surface area contributed by atoms with Gasteiger partial charge in [0.15, 0.2) is 6.61 Å². The van der Waals surface area contributed by atoms with Crippen LogP contribution in [0.3, 0.4) is 0 Å². The Morgan fingerprint density at radius 1 is 1.03 bits per heavy atom. The lowest BCUT2D eigenvalue weighted by molar-refractivity contribution is -0.149. The Kier molecular flexibility index (Phi) is 5.49. The van der Waals surface area contributed by atoms with E-state index >= 15 is 0 Å². The largest absolute Gasteiger partial charge is 0.455 e. The van der Waals surface area contributed by atoms with Gasteiger partial charge in [0.2, 0.25) is 5.91 Å². The van der Waals surface area contributed by atoms with Crippen molar-refractivity contribution in [1.29, 1.82) is 0 Å². The van der Waals surface area contributed by atoms with Crippen LogP contribution in [0.2, 0.25) is 0 Å². The summed E-state index contributed by atoms with van der Waals surface area (Å²) in [4.78, 5) is 39.4. The fourth-order valence-electron chi connectivity index (χ4n) is 6.94. The van der Waals surface area contributed by atoms with E-state index in [2.05, 4.69) is 5.32 Å². The van der Waals surface area contributed by atoms with Gasteiger partial charge in [0.25, 0.3) is 5.91 Å². The summed E-state index contributed by atoms with van der Waals surface area (Å²) in [6.07, 6.45) is 8.92. The number of para-hydroxylation sites is 1. The van der Waals surface area contributed by atoms with Crippen LogP contribution in [-0.4, -0.2) is 37.5 Å². The molecular formula is C25H32N2O4. The summed E-state index contributed by atoms with van der Waals surface area (Å²) >= 11 is 0. The normalized spacial score (nSPS) is 30.6. The number of ether oxygens (including phenoxy) is 1. The van der Waals surface area contributed by atoms with Crippen LogP contribution in [0.5, 0.6) is 0 Å². The van der Waals surface area contributed by atoms with Gasteiger partial charge in [-0.05, 0) is 80.8 Å². The minimum absolute atomic E-state index is 0.0992. The molecule has 0 spiro atoms. The van der Waals surface area contributed by atoms with Crippen molar-refractivity contribution in [3.05, 3.63) is 29.8 Å². The van der Waals surface area contributed by atoms with Gasteiger partial charge in [0.1, 0.15) is 0 Å². The number of amides is 2. The van der Waals surface area contributed by atoms with Crippen molar-refractivity contribution in [1.82, 2.24) is 5.32 Å². The van der Waals surface area contributed by atoms with Gasteiger partial charge in [-0.3, -0.25) is 14.4 Å². The van der Waals surface area contributed by atoms with Crippen molar-refractivity contribution in [2.45, 2.75) is 57.8 Å². The number of fused-ring (bicyclic) bond motifs is 1. The zero-order chi connectivity index (χ0) is 21.4. The second-order valence-electron chi connectivity index (χ2n) is 10.1. The number of anilines is 1. The fourth-order valence-corrected chi connectivity index (χ4v) is 6.94. The molecular weight excluding hydrogens is 392 g/mol. The first-order valence-corrected chi connectivity index (χ1v) is 11.8. The molecule has 4 saturated carbocycles. The molecule has 1 aromatic rings. The molecule has 0 atom stereocenters. The summed E-state index contributed by atoms with van der Waals surface area (Å²) in [5.41, 5.74) is 1.87. The standard InChI is InChI=1S/C25H32N2O4/c28-22(27-9-3-5-20-4-1-2-6-21(20)27)16-31-23(29)7-8-26-24(30)25-13-17-10-18(14-25)12-19(11-17)15-25/h1-2,4,6,17-19H,3,5,7-16H2,(H,26,30).